The molecule has 3 unspecified atom stereocenters. The van der Waals surface area contributed by atoms with Crippen LogP contribution in [0.15, 0.2) is 24.3 Å². The zero-order chi connectivity index (χ0) is 24.8. The van der Waals surface area contributed by atoms with E-state index in [-0.39, 0.29) is 53.8 Å². The van der Waals surface area contributed by atoms with Gasteiger partial charge in [-0.3, -0.25) is 14.4 Å². The van der Waals surface area contributed by atoms with Crippen LogP contribution in [-0.2, 0) is 28.6 Å². The predicted octanol–water partition coefficient (Wildman–Crippen LogP) is 3.74. The number of ether oxygens (including phenoxy) is 3. The van der Waals surface area contributed by atoms with Crippen LogP contribution in [0.5, 0.6) is 0 Å². The quantitative estimate of drug-likeness (QED) is 0.368. The minimum Gasteiger partial charge on any atom is -0.465 e. The molecule has 0 aliphatic heterocycles. The van der Waals surface area contributed by atoms with Gasteiger partial charge in [0.2, 0.25) is 0 Å². The van der Waals surface area contributed by atoms with Gasteiger partial charge in [0.1, 0.15) is 18.8 Å². The van der Waals surface area contributed by atoms with E-state index in [1.807, 2.05) is 12.2 Å². The molecule has 7 heteroatoms. The molecule has 3 saturated carbocycles. The Bertz CT molecular complexity index is 893. The standard InChI is InChI=1S/C27H38O7/c1-6-18-7-8-21-24-23(34-17(4)30)12-19-11-20(33-16(3)29)9-10-27(19,14-32-15(2)28)25(24)22(31)13-26(18,21)5/h6,12,18,20-25,31H,1,7-11,13-14H2,2-5H3/t18-,20+,21?,22+,23+,24?,25?,26+,27+/m0/s1. The first-order valence-corrected chi connectivity index (χ1v) is 12.5. The number of aliphatic hydroxyl groups is 1. The van der Waals surface area contributed by atoms with Crippen molar-refractivity contribution < 1.29 is 33.7 Å². The number of aliphatic hydroxyl groups excluding tert-OH is 1. The third-order valence-corrected chi connectivity index (χ3v) is 9.26. The van der Waals surface area contributed by atoms with E-state index in [0.29, 0.717) is 31.6 Å². The fraction of sp³-hybridized carbons (Fsp3) is 0.741. The van der Waals surface area contributed by atoms with E-state index in [9.17, 15) is 19.5 Å². The molecule has 0 saturated heterocycles. The van der Waals surface area contributed by atoms with Crippen molar-refractivity contribution in [1.82, 2.24) is 0 Å². The maximum Gasteiger partial charge on any atom is 0.303 e. The van der Waals surface area contributed by atoms with Crippen LogP contribution in [0.4, 0.5) is 0 Å². The molecular weight excluding hydrogens is 436 g/mol. The number of rotatable bonds is 5. The molecule has 9 atom stereocenters. The first-order valence-electron chi connectivity index (χ1n) is 12.5. The van der Waals surface area contributed by atoms with Gasteiger partial charge in [-0.1, -0.05) is 18.6 Å². The maximum absolute atomic E-state index is 12.2. The molecule has 4 aliphatic carbocycles. The number of allylic oxidation sites excluding steroid dienone is 1. The van der Waals surface area contributed by atoms with Gasteiger partial charge in [0, 0.05) is 44.4 Å². The monoisotopic (exact) mass is 474 g/mol. The fourth-order valence-electron chi connectivity index (χ4n) is 8.05. The summed E-state index contributed by atoms with van der Waals surface area (Å²) in [7, 11) is 0. The van der Waals surface area contributed by atoms with Crippen LogP contribution in [0.3, 0.4) is 0 Å². The zero-order valence-electron chi connectivity index (χ0n) is 20.7. The zero-order valence-corrected chi connectivity index (χ0v) is 20.7. The number of carbonyl (C=O) groups is 3. The Morgan fingerprint density at radius 3 is 2.44 bits per heavy atom. The molecule has 0 spiro atoms. The first kappa shape index (κ1) is 25.0. The molecule has 0 radical (unpaired) electrons. The van der Waals surface area contributed by atoms with Gasteiger partial charge in [0.05, 0.1) is 6.10 Å². The molecular formula is C27H38O7. The Kier molecular flexibility index (Phi) is 6.71. The molecule has 0 aromatic heterocycles. The summed E-state index contributed by atoms with van der Waals surface area (Å²) in [5, 5.41) is 11.7. The topological polar surface area (TPSA) is 99.1 Å². The van der Waals surface area contributed by atoms with Crippen molar-refractivity contribution in [3.63, 3.8) is 0 Å². The highest BCUT2D eigenvalue weighted by Gasteiger charge is 2.65. The molecule has 0 heterocycles. The lowest BCUT2D eigenvalue weighted by atomic mass is 9.45. The Morgan fingerprint density at radius 2 is 1.82 bits per heavy atom. The summed E-state index contributed by atoms with van der Waals surface area (Å²) in [6.45, 7) is 10.7. The van der Waals surface area contributed by atoms with E-state index < -0.39 is 17.6 Å². The Balaban J connectivity index is 1.82. The van der Waals surface area contributed by atoms with Gasteiger partial charge in [0.25, 0.3) is 0 Å². The molecule has 0 bridgehead atoms. The molecule has 4 aliphatic rings. The first-order chi connectivity index (χ1) is 16.0. The van der Waals surface area contributed by atoms with Gasteiger partial charge in [-0.25, -0.2) is 0 Å². The molecule has 188 valence electrons. The third-order valence-electron chi connectivity index (χ3n) is 9.26. The van der Waals surface area contributed by atoms with E-state index in [1.165, 1.54) is 20.8 Å². The van der Waals surface area contributed by atoms with E-state index in [0.717, 1.165) is 18.4 Å². The van der Waals surface area contributed by atoms with Crippen LogP contribution in [0.1, 0.15) is 66.2 Å². The van der Waals surface area contributed by atoms with Gasteiger partial charge < -0.3 is 19.3 Å². The molecule has 3 fully saturated rings. The summed E-state index contributed by atoms with van der Waals surface area (Å²) in [6.07, 6.45) is 6.95. The van der Waals surface area contributed by atoms with Crippen molar-refractivity contribution in [2.45, 2.75) is 84.5 Å². The second-order valence-corrected chi connectivity index (χ2v) is 11.1. The summed E-state index contributed by atoms with van der Waals surface area (Å²) in [6, 6.07) is 0. The van der Waals surface area contributed by atoms with Crippen molar-refractivity contribution in [3.8, 4) is 0 Å². The van der Waals surface area contributed by atoms with Crippen LogP contribution in [0.2, 0.25) is 0 Å². The van der Waals surface area contributed by atoms with Crippen molar-refractivity contribution in [2.24, 2.45) is 34.5 Å². The highest BCUT2D eigenvalue weighted by molar-refractivity contribution is 5.67. The summed E-state index contributed by atoms with van der Waals surface area (Å²) < 4.78 is 17.1. The highest BCUT2D eigenvalue weighted by Crippen LogP contribution is 2.67. The summed E-state index contributed by atoms with van der Waals surface area (Å²) in [5.41, 5.74) is 0.250. The van der Waals surface area contributed by atoms with E-state index >= 15 is 0 Å². The highest BCUT2D eigenvalue weighted by atomic mass is 16.5. The summed E-state index contributed by atoms with van der Waals surface area (Å²) in [4.78, 5) is 35.7. The van der Waals surface area contributed by atoms with Gasteiger partial charge in [-0.05, 0) is 55.4 Å². The fourth-order valence-corrected chi connectivity index (χ4v) is 8.05. The minimum absolute atomic E-state index is 0.0906. The smallest absolute Gasteiger partial charge is 0.303 e. The van der Waals surface area contributed by atoms with Crippen LogP contribution in [0.25, 0.3) is 0 Å². The number of carbonyl (C=O) groups excluding carboxylic acids is 3. The molecule has 4 rings (SSSR count). The third kappa shape index (κ3) is 4.10. The molecule has 0 amide bonds. The maximum atomic E-state index is 12.2. The number of hydrogen-bond donors (Lipinski definition) is 1. The van der Waals surface area contributed by atoms with E-state index in [2.05, 4.69) is 13.5 Å². The summed E-state index contributed by atoms with van der Waals surface area (Å²) in [5.74, 6) is -0.841. The van der Waals surface area contributed by atoms with Gasteiger partial charge >= 0.3 is 17.9 Å². The average molecular weight is 475 g/mol. The average Bonchev–Trinajstić information content (AvgIpc) is 3.07. The second-order valence-electron chi connectivity index (χ2n) is 11.1. The van der Waals surface area contributed by atoms with Crippen LogP contribution in [0, 0.1) is 34.5 Å². The molecule has 7 nitrogen and oxygen atoms in total. The molecule has 34 heavy (non-hydrogen) atoms. The van der Waals surface area contributed by atoms with Gasteiger partial charge in [0.15, 0.2) is 0 Å². The number of hydrogen-bond acceptors (Lipinski definition) is 7. The Morgan fingerprint density at radius 1 is 1.12 bits per heavy atom. The van der Waals surface area contributed by atoms with Crippen molar-refractivity contribution >= 4 is 17.9 Å². The van der Waals surface area contributed by atoms with Crippen LogP contribution >= 0.6 is 0 Å². The molecule has 0 aromatic carbocycles. The molecule has 0 aromatic rings. The van der Waals surface area contributed by atoms with E-state index in [4.69, 9.17) is 14.2 Å². The summed E-state index contributed by atoms with van der Waals surface area (Å²) >= 11 is 0. The number of fused-ring (bicyclic) bond motifs is 5. The van der Waals surface area contributed by atoms with Crippen LogP contribution < -0.4 is 0 Å². The molecule has 1 N–H and O–H groups in total. The van der Waals surface area contributed by atoms with Crippen molar-refractivity contribution in [3.05, 3.63) is 24.3 Å². The van der Waals surface area contributed by atoms with Crippen LogP contribution in [-0.4, -0.2) is 47.9 Å². The Labute approximate surface area is 201 Å². The second kappa shape index (κ2) is 9.14. The number of esters is 3. The lowest BCUT2D eigenvalue weighted by Crippen LogP contribution is -2.62. The Hall–Kier alpha value is -2.15. The SMILES string of the molecule is C=C[C@H]1CCC2C3C([C@H](O)C[C@@]21C)[C@@]1(COC(C)=O)CC[C@@H](OC(C)=O)CC1=C[C@H]3OC(C)=O. The van der Waals surface area contributed by atoms with E-state index in [1.54, 1.807) is 0 Å². The van der Waals surface area contributed by atoms with Crippen molar-refractivity contribution in [2.75, 3.05) is 6.61 Å². The normalized spacial score (nSPS) is 42.9. The van der Waals surface area contributed by atoms with Crippen molar-refractivity contribution in [1.29, 1.82) is 0 Å². The van der Waals surface area contributed by atoms with Gasteiger partial charge in [-0.2, -0.15) is 0 Å². The minimum atomic E-state index is -0.644. The van der Waals surface area contributed by atoms with Gasteiger partial charge in [-0.15, -0.1) is 6.58 Å². The lowest BCUT2D eigenvalue weighted by molar-refractivity contribution is -0.186. The largest absolute Gasteiger partial charge is 0.465 e. The lowest BCUT2D eigenvalue weighted by Gasteiger charge is -2.61. The predicted molar refractivity (Wildman–Crippen MR) is 124 cm³/mol.